The van der Waals surface area contributed by atoms with E-state index in [1.807, 2.05) is 0 Å². The number of nitrogens with one attached hydrogen (secondary N) is 2. The number of ketones is 1. The van der Waals surface area contributed by atoms with Crippen molar-refractivity contribution in [3.8, 4) is 0 Å². The number of carbonyl (C=O) groups excluding carboxylic acids is 2. The number of rotatable bonds is 5. The lowest BCUT2D eigenvalue weighted by atomic mass is 9.91. The van der Waals surface area contributed by atoms with Crippen molar-refractivity contribution in [2.45, 2.75) is 32.0 Å². The normalized spacial score (nSPS) is 12.2. The van der Waals surface area contributed by atoms with Crippen LogP contribution in [0.3, 0.4) is 0 Å². The van der Waals surface area contributed by atoms with Crippen molar-refractivity contribution in [3.63, 3.8) is 0 Å². The van der Waals surface area contributed by atoms with Gasteiger partial charge in [-0.3, -0.25) is 9.59 Å². The summed E-state index contributed by atoms with van der Waals surface area (Å²) in [7, 11) is -3.91. The largest absolute Gasteiger partial charge is 0.301 e. The SMILES string of the molecule is CC(=O)Nc1nnc(S(=O)(=O)NCC(=O)C(C)(C)C)s1. The van der Waals surface area contributed by atoms with Gasteiger partial charge in [0.2, 0.25) is 15.4 Å². The number of anilines is 1. The minimum atomic E-state index is -3.91. The summed E-state index contributed by atoms with van der Waals surface area (Å²) in [6.45, 7) is 6.05. The number of hydrogen-bond donors (Lipinski definition) is 2. The minimum absolute atomic E-state index is 0.0834. The maximum atomic E-state index is 11.9. The van der Waals surface area contributed by atoms with Crippen molar-refractivity contribution < 1.29 is 18.0 Å². The summed E-state index contributed by atoms with van der Waals surface area (Å²) in [6.07, 6.45) is 0. The molecule has 0 unspecified atom stereocenters. The van der Waals surface area contributed by atoms with Crippen LogP contribution in [0, 0.1) is 5.41 Å². The molecule has 0 fully saturated rings. The molecule has 0 bridgehead atoms. The van der Waals surface area contributed by atoms with E-state index in [0.717, 1.165) is 0 Å². The molecule has 2 N–H and O–H groups in total. The predicted octanol–water partition coefficient (Wildman–Crippen LogP) is 0.390. The van der Waals surface area contributed by atoms with Crippen molar-refractivity contribution in [1.29, 1.82) is 0 Å². The highest BCUT2D eigenvalue weighted by Crippen LogP contribution is 2.20. The Morgan fingerprint density at radius 1 is 1.25 bits per heavy atom. The standard InChI is InChI=1S/C10H16N4O4S2/c1-6(15)12-8-13-14-9(19-8)20(17,18)11-5-7(16)10(2,3)4/h11H,5H2,1-4H3,(H,12,13,15). The third kappa shape index (κ3) is 4.62. The molecule has 0 aromatic carbocycles. The molecule has 0 aliphatic rings. The van der Waals surface area contributed by atoms with Gasteiger partial charge in [0.25, 0.3) is 10.0 Å². The number of hydrogen-bond acceptors (Lipinski definition) is 7. The fourth-order valence-corrected chi connectivity index (χ4v) is 2.98. The van der Waals surface area contributed by atoms with Crippen LogP contribution in [0.5, 0.6) is 0 Å². The van der Waals surface area contributed by atoms with Gasteiger partial charge in [-0.15, -0.1) is 10.2 Å². The molecule has 0 saturated carbocycles. The minimum Gasteiger partial charge on any atom is -0.301 e. The molecule has 1 amide bonds. The van der Waals surface area contributed by atoms with Gasteiger partial charge in [-0.25, -0.2) is 13.1 Å². The van der Waals surface area contributed by atoms with Crippen LogP contribution in [-0.2, 0) is 19.6 Å². The third-order valence-corrected chi connectivity index (χ3v) is 4.79. The van der Waals surface area contributed by atoms with Gasteiger partial charge in [0.15, 0.2) is 5.78 Å². The number of Topliss-reactive ketones (excluding diaryl/α,β-unsaturated/α-hetero) is 1. The molecule has 10 heteroatoms. The monoisotopic (exact) mass is 320 g/mol. The van der Waals surface area contributed by atoms with Gasteiger partial charge in [-0.1, -0.05) is 32.1 Å². The van der Waals surface area contributed by atoms with Gasteiger partial charge in [0.05, 0.1) is 6.54 Å². The molecular formula is C10H16N4O4S2. The van der Waals surface area contributed by atoms with Gasteiger partial charge < -0.3 is 5.32 Å². The highest BCUT2D eigenvalue weighted by molar-refractivity contribution is 7.91. The molecule has 1 aromatic rings. The molecular weight excluding hydrogens is 304 g/mol. The Balaban J connectivity index is 2.77. The lowest BCUT2D eigenvalue weighted by Crippen LogP contribution is -2.35. The van der Waals surface area contributed by atoms with Gasteiger partial charge in [-0.2, -0.15) is 0 Å². The molecule has 1 aromatic heterocycles. The summed E-state index contributed by atoms with van der Waals surface area (Å²) in [5.74, 6) is -0.617. The second-order valence-electron chi connectivity index (χ2n) is 5.05. The van der Waals surface area contributed by atoms with Gasteiger partial charge in [0.1, 0.15) is 0 Å². The number of amides is 1. The molecule has 0 saturated heterocycles. The van der Waals surface area contributed by atoms with Crippen LogP contribution in [0.1, 0.15) is 27.7 Å². The van der Waals surface area contributed by atoms with Crippen LogP contribution < -0.4 is 10.0 Å². The van der Waals surface area contributed by atoms with Crippen molar-refractivity contribution in [2.24, 2.45) is 5.41 Å². The summed E-state index contributed by atoms with van der Waals surface area (Å²) in [4.78, 5) is 22.5. The van der Waals surface area contributed by atoms with E-state index >= 15 is 0 Å². The van der Waals surface area contributed by atoms with Crippen LogP contribution in [0.4, 0.5) is 5.13 Å². The van der Waals surface area contributed by atoms with Crippen LogP contribution in [0.2, 0.25) is 0 Å². The predicted molar refractivity (Wildman–Crippen MR) is 73.9 cm³/mol. The molecule has 0 aliphatic heterocycles. The zero-order valence-corrected chi connectivity index (χ0v) is 13.2. The Hall–Kier alpha value is -1.39. The summed E-state index contributed by atoms with van der Waals surface area (Å²) >= 11 is 0.711. The fourth-order valence-electron chi connectivity index (χ4n) is 1.01. The maximum Gasteiger partial charge on any atom is 0.270 e. The van der Waals surface area contributed by atoms with E-state index in [9.17, 15) is 18.0 Å². The van der Waals surface area contributed by atoms with E-state index in [4.69, 9.17) is 0 Å². The van der Waals surface area contributed by atoms with Gasteiger partial charge >= 0.3 is 0 Å². The summed E-state index contributed by atoms with van der Waals surface area (Å²) in [5, 5.41) is 9.42. The van der Waals surface area contributed by atoms with E-state index in [1.54, 1.807) is 20.8 Å². The van der Waals surface area contributed by atoms with Crippen molar-refractivity contribution in [1.82, 2.24) is 14.9 Å². The maximum absolute atomic E-state index is 11.9. The molecule has 112 valence electrons. The molecule has 0 radical (unpaired) electrons. The van der Waals surface area contributed by atoms with E-state index < -0.39 is 15.4 Å². The van der Waals surface area contributed by atoms with E-state index in [2.05, 4.69) is 20.2 Å². The average Bonchev–Trinajstić information content (AvgIpc) is 2.72. The van der Waals surface area contributed by atoms with E-state index in [0.29, 0.717) is 11.3 Å². The second kappa shape index (κ2) is 5.94. The summed E-state index contributed by atoms with van der Waals surface area (Å²) in [6, 6.07) is 0. The smallest absolute Gasteiger partial charge is 0.270 e. The lowest BCUT2D eigenvalue weighted by molar-refractivity contribution is -0.125. The Kier molecular flexibility index (Phi) is 4.95. The molecule has 20 heavy (non-hydrogen) atoms. The summed E-state index contributed by atoms with van der Waals surface area (Å²) in [5.41, 5.74) is -0.634. The Morgan fingerprint density at radius 3 is 2.35 bits per heavy atom. The number of nitrogens with zero attached hydrogens (tertiary/aromatic N) is 2. The molecule has 0 aliphatic carbocycles. The molecule has 1 rings (SSSR count). The van der Waals surface area contributed by atoms with Crippen LogP contribution in [0.15, 0.2) is 4.34 Å². The number of sulfonamides is 1. The van der Waals surface area contributed by atoms with Crippen molar-refractivity contribution in [3.05, 3.63) is 0 Å². The van der Waals surface area contributed by atoms with Crippen LogP contribution in [0.25, 0.3) is 0 Å². The Bertz CT molecular complexity index is 615. The van der Waals surface area contributed by atoms with Crippen LogP contribution in [-0.4, -0.2) is 36.9 Å². The van der Waals surface area contributed by atoms with Crippen molar-refractivity contribution >= 4 is 38.2 Å². The number of aromatic nitrogens is 2. The first kappa shape index (κ1) is 16.7. The quantitative estimate of drug-likeness (QED) is 0.758. The van der Waals surface area contributed by atoms with Crippen molar-refractivity contribution in [2.75, 3.05) is 11.9 Å². The Labute approximate surface area is 121 Å². The van der Waals surface area contributed by atoms with Crippen LogP contribution >= 0.6 is 11.3 Å². The molecule has 0 spiro atoms. The summed E-state index contributed by atoms with van der Waals surface area (Å²) < 4.78 is 25.7. The lowest BCUT2D eigenvalue weighted by Gasteiger charge is -2.16. The Morgan fingerprint density at radius 2 is 1.85 bits per heavy atom. The fraction of sp³-hybridized carbons (Fsp3) is 0.600. The molecule has 8 nitrogen and oxygen atoms in total. The highest BCUT2D eigenvalue weighted by Gasteiger charge is 2.25. The topological polar surface area (TPSA) is 118 Å². The van der Waals surface area contributed by atoms with E-state index in [1.165, 1.54) is 6.92 Å². The molecule has 1 heterocycles. The zero-order valence-electron chi connectivity index (χ0n) is 11.6. The van der Waals surface area contributed by atoms with Gasteiger partial charge in [-0.05, 0) is 0 Å². The second-order valence-corrected chi connectivity index (χ2v) is 7.97. The first-order chi connectivity index (χ1) is 9.02. The van der Waals surface area contributed by atoms with E-state index in [-0.39, 0.29) is 27.7 Å². The third-order valence-electron chi connectivity index (χ3n) is 2.18. The average molecular weight is 320 g/mol. The first-order valence-electron chi connectivity index (χ1n) is 5.66. The number of carbonyl (C=O) groups is 2. The zero-order chi connectivity index (χ0) is 15.6. The highest BCUT2D eigenvalue weighted by atomic mass is 32.2. The first-order valence-corrected chi connectivity index (χ1v) is 7.96. The van der Waals surface area contributed by atoms with Gasteiger partial charge in [0, 0.05) is 12.3 Å². The molecule has 0 atom stereocenters.